The van der Waals surface area contributed by atoms with Crippen molar-refractivity contribution in [1.82, 2.24) is 29.4 Å². The Labute approximate surface area is 168 Å². The van der Waals surface area contributed by atoms with E-state index in [1.165, 1.54) is 4.68 Å². The monoisotopic (exact) mass is 392 g/mol. The predicted octanol–water partition coefficient (Wildman–Crippen LogP) is 1.31. The van der Waals surface area contributed by atoms with Crippen LogP contribution in [0.25, 0.3) is 11.3 Å². The molecule has 3 aromatic rings. The molecular weight excluding hydrogens is 368 g/mol. The summed E-state index contributed by atoms with van der Waals surface area (Å²) in [5, 5.41) is 8.53. The summed E-state index contributed by atoms with van der Waals surface area (Å²) in [6.07, 6.45) is 7.05. The van der Waals surface area contributed by atoms with Crippen molar-refractivity contribution in [3.8, 4) is 11.3 Å². The van der Waals surface area contributed by atoms with Gasteiger partial charge in [0.15, 0.2) is 0 Å². The first-order valence-corrected chi connectivity index (χ1v) is 9.82. The molecule has 1 saturated heterocycles. The van der Waals surface area contributed by atoms with Crippen LogP contribution >= 0.6 is 0 Å². The molecule has 0 spiro atoms. The molecule has 0 atom stereocenters. The Morgan fingerprint density at radius 3 is 2.52 bits per heavy atom. The van der Waals surface area contributed by atoms with Gasteiger partial charge in [0.05, 0.1) is 5.69 Å². The van der Waals surface area contributed by atoms with E-state index in [4.69, 9.17) is 0 Å². The standard InChI is InChI=1S/C21H24N6O2/c1-25-21(29)18(6-11-23-25)15-26-12-7-16(8-13-26)14-27-20(28)3-2-19(24-27)17-4-9-22-10-5-17/h2-6,9-11,16H,7-8,12-15H2,1H3. The van der Waals surface area contributed by atoms with Crippen molar-refractivity contribution >= 4 is 0 Å². The number of aryl methyl sites for hydroxylation is 1. The van der Waals surface area contributed by atoms with Crippen molar-refractivity contribution in [2.24, 2.45) is 13.0 Å². The number of likely N-dealkylation sites (tertiary alicyclic amines) is 1. The number of rotatable bonds is 5. The minimum atomic E-state index is -0.0782. The number of hydrogen-bond donors (Lipinski definition) is 0. The molecule has 1 fully saturated rings. The quantitative estimate of drug-likeness (QED) is 0.651. The summed E-state index contributed by atoms with van der Waals surface area (Å²) in [5.74, 6) is 0.393. The van der Waals surface area contributed by atoms with Gasteiger partial charge in [0.1, 0.15) is 0 Å². The zero-order valence-electron chi connectivity index (χ0n) is 16.4. The molecule has 4 rings (SSSR count). The van der Waals surface area contributed by atoms with Crippen LogP contribution in [0, 0.1) is 5.92 Å². The van der Waals surface area contributed by atoms with Crippen LogP contribution in [0.1, 0.15) is 18.4 Å². The molecule has 0 aromatic carbocycles. The Balaban J connectivity index is 1.39. The lowest BCUT2D eigenvalue weighted by atomic mass is 9.96. The van der Waals surface area contributed by atoms with E-state index >= 15 is 0 Å². The van der Waals surface area contributed by atoms with Crippen LogP contribution in [0.3, 0.4) is 0 Å². The first kappa shape index (κ1) is 19.2. The summed E-state index contributed by atoms with van der Waals surface area (Å²) in [6.45, 7) is 3.05. The fourth-order valence-corrected chi connectivity index (χ4v) is 3.74. The van der Waals surface area contributed by atoms with Gasteiger partial charge in [0.25, 0.3) is 11.1 Å². The zero-order valence-corrected chi connectivity index (χ0v) is 16.4. The largest absolute Gasteiger partial charge is 0.299 e. The van der Waals surface area contributed by atoms with E-state index in [2.05, 4.69) is 20.1 Å². The van der Waals surface area contributed by atoms with Crippen LogP contribution in [0.5, 0.6) is 0 Å². The van der Waals surface area contributed by atoms with Gasteiger partial charge in [-0.05, 0) is 56.1 Å². The van der Waals surface area contributed by atoms with E-state index in [0.717, 1.165) is 42.8 Å². The molecular formula is C21H24N6O2. The van der Waals surface area contributed by atoms with E-state index in [-0.39, 0.29) is 11.1 Å². The van der Waals surface area contributed by atoms with Gasteiger partial charge >= 0.3 is 0 Å². The van der Waals surface area contributed by atoms with Crippen LogP contribution in [0.15, 0.2) is 58.5 Å². The second kappa shape index (κ2) is 8.48. The van der Waals surface area contributed by atoms with Crippen LogP contribution in [0.2, 0.25) is 0 Å². The smallest absolute Gasteiger partial charge is 0.270 e. The summed E-state index contributed by atoms with van der Waals surface area (Å²) in [4.78, 5) is 30.8. The number of aromatic nitrogens is 5. The fourth-order valence-electron chi connectivity index (χ4n) is 3.74. The summed E-state index contributed by atoms with van der Waals surface area (Å²) in [7, 11) is 1.67. The zero-order chi connectivity index (χ0) is 20.2. The van der Waals surface area contributed by atoms with Gasteiger partial charge in [-0.15, -0.1) is 0 Å². The molecule has 150 valence electrons. The maximum Gasteiger partial charge on any atom is 0.270 e. The lowest BCUT2D eigenvalue weighted by molar-refractivity contribution is 0.163. The molecule has 0 unspecified atom stereocenters. The Kier molecular flexibility index (Phi) is 5.62. The van der Waals surface area contributed by atoms with E-state index in [1.54, 1.807) is 48.5 Å². The first-order valence-electron chi connectivity index (χ1n) is 9.82. The SMILES string of the molecule is Cn1nccc(CN2CCC(Cn3nc(-c4ccncc4)ccc3=O)CC2)c1=O. The van der Waals surface area contributed by atoms with Crippen LogP contribution in [-0.4, -0.2) is 42.5 Å². The minimum Gasteiger partial charge on any atom is -0.299 e. The second-order valence-corrected chi connectivity index (χ2v) is 7.48. The van der Waals surface area contributed by atoms with E-state index in [9.17, 15) is 9.59 Å². The van der Waals surface area contributed by atoms with E-state index < -0.39 is 0 Å². The first-order chi connectivity index (χ1) is 14.1. The van der Waals surface area contributed by atoms with Crippen molar-refractivity contribution < 1.29 is 0 Å². The maximum atomic E-state index is 12.3. The second-order valence-electron chi connectivity index (χ2n) is 7.48. The van der Waals surface area contributed by atoms with Crippen molar-refractivity contribution in [2.75, 3.05) is 13.1 Å². The van der Waals surface area contributed by atoms with Crippen molar-refractivity contribution in [2.45, 2.75) is 25.9 Å². The molecule has 8 heteroatoms. The van der Waals surface area contributed by atoms with Gasteiger partial charge < -0.3 is 0 Å². The van der Waals surface area contributed by atoms with Crippen LogP contribution in [-0.2, 0) is 20.1 Å². The summed E-state index contributed by atoms with van der Waals surface area (Å²) >= 11 is 0. The molecule has 8 nitrogen and oxygen atoms in total. The summed E-state index contributed by atoms with van der Waals surface area (Å²) in [5.41, 5.74) is 2.37. The van der Waals surface area contributed by atoms with Crippen LogP contribution in [0.4, 0.5) is 0 Å². The van der Waals surface area contributed by atoms with Gasteiger partial charge in [-0.3, -0.25) is 19.5 Å². The van der Waals surface area contributed by atoms with Crippen molar-refractivity contribution in [1.29, 1.82) is 0 Å². The molecule has 3 aromatic heterocycles. The predicted molar refractivity (Wildman–Crippen MR) is 109 cm³/mol. The lowest BCUT2D eigenvalue weighted by Crippen LogP contribution is -2.38. The molecule has 4 heterocycles. The summed E-state index contributed by atoms with van der Waals surface area (Å²) < 4.78 is 2.95. The Morgan fingerprint density at radius 2 is 1.76 bits per heavy atom. The highest BCUT2D eigenvalue weighted by atomic mass is 16.1. The van der Waals surface area contributed by atoms with E-state index in [1.807, 2.05) is 12.1 Å². The van der Waals surface area contributed by atoms with Gasteiger partial charge in [0, 0.05) is 55.9 Å². The molecule has 0 radical (unpaired) electrons. The van der Waals surface area contributed by atoms with Crippen molar-refractivity contribution in [3.63, 3.8) is 0 Å². The molecule has 29 heavy (non-hydrogen) atoms. The average molecular weight is 392 g/mol. The van der Waals surface area contributed by atoms with Gasteiger partial charge in [-0.2, -0.15) is 10.2 Å². The summed E-state index contributed by atoms with van der Waals surface area (Å²) in [6, 6.07) is 8.91. The minimum absolute atomic E-state index is 0.0432. The third-order valence-electron chi connectivity index (χ3n) is 5.46. The number of nitrogens with zero attached hydrogens (tertiary/aromatic N) is 6. The van der Waals surface area contributed by atoms with Gasteiger partial charge in [0.2, 0.25) is 0 Å². The number of piperidine rings is 1. The molecule has 0 amide bonds. The molecule has 1 aliphatic heterocycles. The topological polar surface area (TPSA) is 85.9 Å². The normalized spacial score (nSPS) is 15.5. The van der Waals surface area contributed by atoms with Gasteiger partial charge in [-0.25, -0.2) is 9.36 Å². The highest BCUT2D eigenvalue weighted by Gasteiger charge is 2.21. The molecule has 0 N–H and O–H groups in total. The molecule has 0 aliphatic carbocycles. The fraction of sp³-hybridized carbons (Fsp3) is 0.381. The lowest BCUT2D eigenvalue weighted by Gasteiger charge is -2.31. The third kappa shape index (κ3) is 4.48. The maximum absolute atomic E-state index is 12.3. The Hall–Kier alpha value is -3.13. The number of pyridine rings is 1. The number of hydrogen-bond acceptors (Lipinski definition) is 6. The van der Waals surface area contributed by atoms with E-state index in [0.29, 0.717) is 19.0 Å². The highest BCUT2D eigenvalue weighted by molar-refractivity contribution is 5.56. The van der Waals surface area contributed by atoms with Crippen LogP contribution < -0.4 is 11.1 Å². The molecule has 0 saturated carbocycles. The Bertz CT molecular complexity index is 1080. The molecule has 0 bridgehead atoms. The average Bonchev–Trinajstić information content (AvgIpc) is 2.75. The Morgan fingerprint density at radius 1 is 1.00 bits per heavy atom. The molecule has 1 aliphatic rings. The highest BCUT2D eigenvalue weighted by Crippen LogP contribution is 2.20. The third-order valence-corrected chi connectivity index (χ3v) is 5.46. The van der Waals surface area contributed by atoms with Crippen molar-refractivity contribution in [3.05, 3.63) is 75.2 Å². The van der Waals surface area contributed by atoms with Gasteiger partial charge in [-0.1, -0.05) is 0 Å².